The molecule has 122 valence electrons. The standard InChI is InChI=1S/C18H38O2/c1-6-7-8-9-10-11-17(14-19-4)18(15-20-5)13-12-16(2)3/h16-18H,6-15H2,1-5H3. The topological polar surface area (TPSA) is 18.5 Å². The zero-order valence-electron chi connectivity index (χ0n) is 14.6. The molecule has 0 aliphatic heterocycles. The lowest BCUT2D eigenvalue weighted by molar-refractivity contribution is 0.0580. The molecule has 0 aliphatic carbocycles. The number of ether oxygens (including phenoxy) is 2. The molecule has 0 aliphatic rings. The minimum atomic E-state index is 0.661. The van der Waals surface area contributed by atoms with Crippen molar-refractivity contribution in [3.05, 3.63) is 0 Å². The summed E-state index contributed by atoms with van der Waals surface area (Å²) < 4.78 is 10.9. The SMILES string of the molecule is CCCCCCCC(COC)C(CCC(C)C)COC. The molecule has 2 heteroatoms. The van der Waals surface area contributed by atoms with E-state index < -0.39 is 0 Å². The first-order valence-electron chi connectivity index (χ1n) is 8.63. The zero-order chi connectivity index (χ0) is 15.2. The Labute approximate surface area is 127 Å². The van der Waals surface area contributed by atoms with E-state index in [1.807, 2.05) is 14.2 Å². The highest BCUT2D eigenvalue weighted by Gasteiger charge is 2.21. The Morgan fingerprint density at radius 2 is 1.25 bits per heavy atom. The molecule has 0 rings (SSSR count). The first-order valence-corrected chi connectivity index (χ1v) is 8.63. The van der Waals surface area contributed by atoms with Crippen molar-refractivity contribution < 1.29 is 9.47 Å². The minimum absolute atomic E-state index is 0.661. The fourth-order valence-corrected chi connectivity index (χ4v) is 2.90. The number of hydrogen-bond acceptors (Lipinski definition) is 2. The Morgan fingerprint density at radius 3 is 1.75 bits per heavy atom. The smallest absolute Gasteiger partial charge is 0.0494 e. The molecule has 0 fully saturated rings. The van der Waals surface area contributed by atoms with Crippen LogP contribution in [0.5, 0.6) is 0 Å². The van der Waals surface area contributed by atoms with Gasteiger partial charge in [-0.2, -0.15) is 0 Å². The highest BCUT2D eigenvalue weighted by atomic mass is 16.5. The van der Waals surface area contributed by atoms with Crippen molar-refractivity contribution in [1.29, 1.82) is 0 Å². The third-order valence-electron chi connectivity index (χ3n) is 4.22. The van der Waals surface area contributed by atoms with E-state index in [2.05, 4.69) is 20.8 Å². The molecule has 0 radical (unpaired) electrons. The lowest BCUT2D eigenvalue weighted by Crippen LogP contribution is -2.24. The van der Waals surface area contributed by atoms with Crippen LogP contribution in [-0.2, 0) is 9.47 Å². The first kappa shape index (κ1) is 19.9. The van der Waals surface area contributed by atoms with Gasteiger partial charge in [0.15, 0.2) is 0 Å². The van der Waals surface area contributed by atoms with Gasteiger partial charge in [-0.25, -0.2) is 0 Å². The monoisotopic (exact) mass is 286 g/mol. The molecule has 0 saturated carbocycles. The quantitative estimate of drug-likeness (QED) is 0.403. The lowest BCUT2D eigenvalue weighted by atomic mass is 9.84. The van der Waals surface area contributed by atoms with E-state index in [0.29, 0.717) is 11.8 Å². The van der Waals surface area contributed by atoms with Crippen molar-refractivity contribution in [2.24, 2.45) is 17.8 Å². The second kappa shape index (κ2) is 13.9. The maximum absolute atomic E-state index is 5.46. The van der Waals surface area contributed by atoms with Crippen LogP contribution in [0.25, 0.3) is 0 Å². The van der Waals surface area contributed by atoms with E-state index >= 15 is 0 Å². The first-order chi connectivity index (χ1) is 9.65. The highest BCUT2D eigenvalue weighted by molar-refractivity contribution is 4.71. The molecule has 0 amide bonds. The molecule has 0 N–H and O–H groups in total. The van der Waals surface area contributed by atoms with Crippen LogP contribution < -0.4 is 0 Å². The summed E-state index contributed by atoms with van der Waals surface area (Å²) in [6.45, 7) is 8.66. The van der Waals surface area contributed by atoms with Crippen LogP contribution in [0.3, 0.4) is 0 Å². The average molecular weight is 286 g/mol. The fraction of sp³-hybridized carbons (Fsp3) is 1.00. The second-order valence-electron chi connectivity index (χ2n) is 6.60. The fourth-order valence-electron chi connectivity index (χ4n) is 2.90. The molecule has 0 spiro atoms. The van der Waals surface area contributed by atoms with Crippen molar-refractivity contribution in [2.45, 2.75) is 72.1 Å². The second-order valence-corrected chi connectivity index (χ2v) is 6.60. The van der Waals surface area contributed by atoms with Gasteiger partial charge in [-0.15, -0.1) is 0 Å². The normalized spacial score (nSPS) is 14.7. The number of unbranched alkanes of at least 4 members (excludes halogenated alkanes) is 4. The van der Waals surface area contributed by atoms with Crippen molar-refractivity contribution in [1.82, 2.24) is 0 Å². The van der Waals surface area contributed by atoms with Crippen LogP contribution in [0.1, 0.15) is 72.1 Å². The van der Waals surface area contributed by atoms with E-state index in [1.165, 1.54) is 51.4 Å². The van der Waals surface area contributed by atoms with Crippen molar-refractivity contribution >= 4 is 0 Å². The van der Waals surface area contributed by atoms with Crippen LogP contribution in [0, 0.1) is 17.8 Å². The van der Waals surface area contributed by atoms with E-state index in [9.17, 15) is 0 Å². The Balaban J connectivity index is 4.17. The van der Waals surface area contributed by atoms with E-state index in [0.717, 1.165) is 19.1 Å². The molecular weight excluding hydrogens is 248 g/mol. The Bertz CT molecular complexity index is 192. The van der Waals surface area contributed by atoms with Gasteiger partial charge in [0, 0.05) is 27.4 Å². The van der Waals surface area contributed by atoms with E-state index in [-0.39, 0.29) is 0 Å². The third kappa shape index (κ3) is 10.7. The minimum Gasteiger partial charge on any atom is -0.384 e. The summed E-state index contributed by atoms with van der Waals surface area (Å²) in [5.74, 6) is 2.11. The van der Waals surface area contributed by atoms with Crippen LogP contribution in [0.15, 0.2) is 0 Å². The van der Waals surface area contributed by atoms with Crippen molar-refractivity contribution in [2.75, 3.05) is 27.4 Å². The predicted molar refractivity (Wildman–Crippen MR) is 88.2 cm³/mol. The molecule has 0 aromatic heterocycles. The number of methoxy groups -OCH3 is 2. The van der Waals surface area contributed by atoms with Crippen LogP contribution >= 0.6 is 0 Å². The maximum atomic E-state index is 5.46. The van der Waals surface area contributed by atoms with Gasteiger partial charge >= 0.3 is 0 Å². The average Bonchev–Trinajstić information content (AvgIpc) is 2.42. The van der Waals surface area contributed by atoms with Gasteiger partial charge in [0.2, 0.25) is 0 Å². The van der Waals surface area contributed by atoms with E-state index in [4.69, 9.17) is 9.47 Å². The molecule has 2 atom stereocenters. The third-order valence-corrected chi connectivity index (χ3v) is 4.22. The van der Waals surface area contributed by atoms with Crippen molar-refractivity contribution in [3.8, 4) is 0 Å². The van der Waals surface area contributed by atoms with Crippen LogP contribution in [0.2, 0.25) is 0 Å². The summed E-state index contributed by atoms with van der Waals surface area (Å²) in [7, 11) is 3.66. The summed E-state index contributed by atoms with van der Waals surface area (Å²) >= 11 is 0. The highest BCUT2D eigenvalue weighted by Crippen LogP contribution is 2.26. The Morgan fingerprint density at radius 1 is 0.700 bits per heavy atom. The molecule has 0 aromatic rings. The van der Waals surface area contributed by atoms with Gasteiger partial charge in [0.05, 0.1) is 0 Å². The molecule has 0 heterocycles. The lowest BCUT2D eigenvalue weighted by Gasteiger charge is -2.27. The molecular formula is C18H38O2. The summed E-state index contributed by atoms with van der Waals surface area (Å²) in [6.07, 6.45) is 10.7. The Kier molecular flexibility index (Phi) is 13.8. The molecule has 20 heavy (non-hydrogen) atoms. The van der Waals surface area contributed by atoms with Gasteiger partial charge in [0.1, 0.15) is 0 Å². The van der Waals surface area contributed by atoms with E-state index in [1.54, 1.807) is 0 Å². The van der Waals surface area contributed by atoms with Crippen LogP contribution in [-0.4, -0.2) is 27.4 Å². The van der Waals surface area contributed by atoms with Gasteiger partial charge in [-0.05, 0) is 30.6 Å². The summed E-state index contributed by atoms with van der Waals surface area (Å²) in [5.41, 5.74) is 0. The van der Waals surface area contributed by atoms with Gasteiger partial charge < -0.3 is 9.47 Å². The summed E-state index contributed by atoms with van der Waals surface area (Å²) in [5, 5.41) is 0. The molecule has 0 aromatic carbocycles. The Hall–Kier alpha value is -0.0800. The largest absolute Gasteiger partial charge is 0.384 e. The van der Waals surface area contributed by atoms with Crippen molar-refractivity contribution in [3.63, 3.8) is 0 Å². The number of hydrogen-bond donors (Lipinski definition) is 0. The maximum Gasteiger partial charge on any atom is 0.0494 e. The van der Waals surface area contributed by atoms with Gasteiger partial charge in [-0.3, -0.25) is 0 Å². The molecule has 2 nitrogen and oxygen atoms in total. The molecule has 0 bridgehead atoms. The zero-order valence-corrected chi connectivity index (χ0v) is 14.6. The summed E-state index contributed by atoms with van der Waals surface area (Å²) in [6, 6.07) is 0. The van der Waals surface area contributed by atoms with Gasteiger partial charge in [-0.1, -0.05) is 59.3 Å². The predicted octanol–water partition coefficient (Wildman–Crippen LogP) is 5.31. The molecule has 0 saturated heterocycles. The van der Waals surface area contributed by atoms with Gasteiger partial charge in [0.25, 0.3) is 0 Å². The van der Waals surface area contributed by atoms with Crippen LogP contribution in [0.4, 0.5) is 0 Å². The number of rotatable bonds is 14. The summed E-state index contributed by atoms with van der Waals surface area (Å²) in [4.78, 5) is 0. The molecule has 2 unspecified atom stereocenters.